The average molecular weight is 373 g/mol. The molecule has 148 valence electrons. The van der Waals surface area contributed by atoms with Gasteiger partial charge in [-0.3, -0.25) is 9.59 Å². The van der Waals surface area contributed by atoms with Gasteiger partial charge < -0.3 is 15.3 Å². The number of amides is 2. The van der Waals surface area contributed by atoms with Crippen LogP contribution in [0.1, 0.15) is 80.6 Å². The molecule has 0 spiro atoms. The van der Waals surface area contributed by atoms with E-state index in [0.717, 1.165) is 31.2 Å². The lowest BCUT2D eigenvalue weighted by Gasteiger charge is -2.35. The van der Waals surface area contributed by atoms with Crippen molar-refractivity contribution in [2.24, 2.45) is 5.92 Å². The minimum Gasteiger partial charge on any atom is -0.507 e. The van der Waals surface area contributed by atoms with Crippen LogP contribution in [-0.4, -0.2) is 41.0 Å². The second-order valence-electron chi connectivity index (χ2n) is 8.34. The molecule has 1 heterocycles. The van der Waals surface area contributed by atoms with Gasteiger partial charge in [-0.15, -0.1) is 0 Å². The molecule has 1 saturated carbocycles. The van der Waals surface area contributed by atoms with Crippen molar-refractivity contribution < 1.29 is 14.7 Å². The number of nitrogens with zero attached hydrogens (tertiary/aromatic N) is 1. The third kappa shape index (κ3) is 4.82. The van der Waals surface area contributed by atoms with E-state index in [2.05, 4.69) is 19.2 Å². The van der Waals surface area contributed by atoms with Gasteiger partial charge in [0, 0.05) is 25.0 Å². The van der Waals surface area contributed by atoms with Crippen LogP contribution in [0.5, 0.6) is 5.75 Å². The van der Waals surface area contributed by atoms with E-state index in [0.29, 0.717) is 30.5 Å². The topological polar surface area (TPSA) is 69.6 Å². The number of carbonyl (C=O) groups is 2. The molecule has 0 aromatic heterocycles. The summed E-state index contributed by atoms with van der Waals surface area (Å²) in [5.74, 6) is 0.616. The van der Waals surface area contributed by atoms with Crippen LogP contribution >= 0.6 is 0 Å². The third-order valence-electron chi connectivity index (χ3n) is 6.03. The van der Waals surface area contributed by atoms with E-state index in [9.17, 15) is 14.7 Å². The molecule has 0 atom stereocenters. The Balaban J connectivity index is 1.51. The molecule has 1 aliphatic heterocycles. The van der Waals surface area contributed by atoms with Crippen molar-refractivity contribution in [2.75, 3.05) is 13.1 Å². The summed E-state index contributed by atoms with van der Waals surface area (Å²) in [5.41, 5.74) is 1.33. The predicted octanol–water partition coefficient (Wildman–Crippen LogP) is 3.82. The SMILES string of the molecule is CC(C)c1ccc(C(=O)NC2CCN(C(=O)C3CCCCC3)CC2)c(O)c1. The van der Waals surface area contributed by atoms with Gasteiger partial charge in [-0.2, -0.15) is 0 Å². The lowest BCUT2D eigenvalue weighted by Crippen LogP contribution is -2.48. The Morgan fingerprint density at radius 2 is 1.74 bits per heavy atom. The quantitative estimate of drug-likeness (QED) is 0.844. The molecular formula is C22H32N2O3. The number of nitrogens with one attached hydrogen (secondary N) is 1. The van der Waals surface area contributed by atoms with Crippen molar-refractivity contribution in [3.8, 4) is 5.75 Å². The molecule has 0 bridgehead atoms. The summed E-state index contributed by atoms with van der Waals surface area (Å²) in [4.78, 5) is 27.1. The van der Waals surface area contributed by atoms with Gasteiger partial charge in [0.25, 0.3) is 5.91 Å². The van der Waals surface area contributed by atoms with Crippen molar-refractivity contribution >= 4 is 11.8 Å². The number of hydrogen-bond acceptors (Lipinski definition) is 3. The predicted molar refractivity (Wildman–Crippen MR) is 106 cm³/mol. The summed E-state index contributed by atoms with van der Waals surface area (Å²) >= 11 is 0. The molecular weight excluding hydrogens is 340 g/mol. The van der Waals surface area contributed by atoms with Crippen LogP contribution in [-0.2, 0) is 4.79 Å². The van der Waals surface area contributed by atoms with Crippen LogP contribution in [0.3, 0.4) is 0 Å². The highest BCUT2D eigenvalue weighted by molar-refractivity contribution is 5.97. The molecule has 2 amide bonds. The molecule has 1 aromatic rings. The van der Waals surface area contributed by atoms with Gasteiger partial charge in [-0.05, 0) is 49.3 Å². The van der Waals surface area contributed by atoms with E-state index < -0.39 is 0 Å². The molecule has 2 aliphatic rings. The van der Waals surface area contributed by atoms with Gasteiger partial charge in [-0.25, -0.2) is 0 Å². The highest BCUT2D eigenvalue weighted by Crippen LogP contribution is 2.27. The number of carbonyl (C=O) groups excluding carboxylic acids is 2. The van der Waals surface area contributed by atoms with Crippen molar-refractivity contribution in [3.05, 3.63) is 29.3 Å². The highest BCUT2D eigenvalue weighted by atomic mass is 16.3. The molecule has 3 rings (SSSR count). The zero-order chi connectivity index (χ0) is 19.4. The summed E-state index contributed by atoms with van der Waals surface area (Å²) in [6.45, 7) is 5.52. The van der Waals surface area contributed by atoms with Gasteiger partial charge in [-0.1, -0.05) is 39.2 Å². The summed E-state index contributed by atoms with van der Waals surface area (Å²) in [5, 5.41) is 13.2. The number of benzene rings is 1. The number of likely N-dealkylation sites (tertiary alicyclic amines) is 1. The number of phenols is 1. The smallest absolute Gasteiger partial charge is 0.255 e. The minimum atomic E-state index is -0.236. The molecule has 1 saturated heterocycles. The number of phenolic OH excluding ortho intramolecular Hbond substituents is 1. The zero-order valence-electron chi connectivity index (χ0n) is 16.5. The standard InChI is InChI=1S/C22H32N2O3/c1-15(2)17-8-9-19(20(25)14-17)21(26)23-18-10-12-24(13-11-18)22(27)16-6-4-3-5-7-16/h8-9,14-16,18,25H,3-7,10-13H2,1-2H3,(H,23,26). The molecule has 5 heteroatoms. The number of rotatable bonds is 4. The van der Waals surface area contributed by atoms with Crippen molar-refractivity contribution in [3.63, 3.8) is 0 Å². The van der Waals surface area contributed by atoms with E-state index in [1.54, 1.807) is 12.1 Å². The van der Waals surface area contributed by atoms with Crippen LogP contribution in [0.25, 0.3) is 0 Å². The second kappa shape index (κ2) is 8.77. The molecule has 2 fully saturated rings. The Labute approximate surface area is 162 Å². The van der Waals surface area contributed by atoms with Crippen LogP contribution in [0.2, 0.25) is 0 Å². The lowest BCUT2D eigenvalue weighted by atomic mass is 9.87. The normalized spacial score (nSPS) is 19.3. The van der Waals surface area contributed by atoms with Crippen LogP contribution in [0.15, 0.2) is 18.2 Å². The average Bonchev–Trinajstić information content (AvgIpc) is 2.68. The van der Waals surface area contributed by atoms with E-state index in [1.807, 2.05) is 11.0 Å². The van der Waals surface area contributed by atoms with Gasteiger partial charge in [0.1, 0.15) is 5.75 Å². The number of piperidine rings is 1. The first-order valence-electron chi connectivity index (χ1n) is 10.4. The van der Waals surface area contributed by atoms with Crippen molar-refractivity contribution in [1.29, 1.82) is 0 Å². The monoisotopic (exact) mass is 372 g/mol. The van der Waals surface area contributed by atoms with Crippen LogP contribution in [0, 0.1) is 5.92 Å². The van der Waals surface area contributed by atoms with Gasteiger partial charge in [0.15, 0.2) is 0 Å². The first-order valence-corrected chi connectivity index (χ1v) is 10.4. The first-order chi connectivity index (χ1) is 13.0. The highest BCUT2D eigenvalue weighted by Gasteiger charge is 2.29. The van der Waals surface area contributed by atoms with Crippen molar-refractivity contribution in [2.45, 2.75) is 70.8 Å². The first kappa shape index (κ1) is 19.7. The van der Waals surface area contributed by atoms with Gasteiger partial charge >= 0.3 is 0 Å². The van der Waals surface area contributed by atoms with E-state index in [4.69, 9.17) is 0 Å². The third-order valence-corrected chi connectivity index (χ3v) is 6.03. The Hall–Kier alpha value is -2.04. The summed E-state index contributed by atoms with van der Waals surface area (Å²) < 4.78 is 0. The zero-order valence-corrected chi connectivity index (χ0v) is 16.5. The van der Waals surface area contributed by atoms with Crippen LogP contribution < -0.4 is 5.32 Å². The summed E-state index contributed by atoms with van der Waals surface area (Å²) in [6.07, 6.45) is 7.19. The fourth-order valence-corrected chi connectivity index (χ4v) is 4.21. The largest absolute Gasteiger partial charge is 0.507 e. The second-order valence-corrected chi connectivity index (χ2v) is 8.34. The molecule has 27 heavy (non-hydrogen) atoms. The maximum absolute atomic E-state index is 12.6. The maximum atomic E-state index is 12.6. The molecule has 5 nitrogen and oxygen atoms in total. The molecule has 0 radical (unpaired) electrons. The fourth-order valence-electron chi connectivity index (χ4n) is 4.21. The minimum absolute atomic E-state index is 0.0311. The fraction of sp³-hybridized carbons (Fsp3) is 0.636. The van der Waals surface area contributed by atoms with Gasteiger partial charge in [0.2, 0.25) is 5.91 Å². The van der Waals surface area contributed by atoms with Gasteiger partial charge in [0.05, 0.1) is 5.56 Å². The molecule has 0 unspecified atom stereocenters. The van der Waals surface area contributed by atoms with E-state index in [-0.39, 0.29) is 23.6 Å². The van der Waals surface area contributed by atoms with E-state index >= 15 is 0 Å². The Morgan fingerprint density at radius 3 is 2.33 bits per heavy atom. The Kier molecular flexibility index (Phi) is 6.40. The number of hydrogen-bond donors (Lipinski definition) is 2. The van der Waals surface area contributed by atoms with Crippen molar-refractivity contribution in [1.82, 2.24) is 10.2 Å². The number of aromatic hydroxyl groups is 1. The Bertz CT molecular complexity index is 672. The molecule has 2 N–H and O–H groups in total. The molecule has 1 aliphatic carbocycles. The van der Waals surface area contributed by atoms with Crippen LogP contribution in [0.4, 0.5) is 0 Å². The van der Waals surface area contributed by atoms with E-state index in [1.165, 1.54) is 19.3 Å². The Morgan fingerprint density at radius 1 is 1.07 bits per heavy atom. The summed E-state index contributed by atoms with van der Waals surface area (Å²) in [6, 6.07) is 5.31. The summed E-state index contributed by atoms with van der Waals surface area (Å²) in [7, 11) is 0. The lowest BCUT2D eigenvalue weighted by molar-refractivity contribution is -0.137. The molecule has 1 aromatic carbocycles. The maximum Gasteiger partial charge on any atom is 0.255 e.